The van der Waals surface area contributed by atoms with E-state index in [1.807, 2.05) is 23.9 Å². The summed E-state index contributed by atoms with van der Waals surface area (Å²) < 4.78 is 1.89. The molecule has 0 spiro atoms. The molecule has 3 rings (SSSR count). The number of hydrogen-bond acceptors (Lipinski definition) is 3. The third kappa shape index (κ3) is 1.74. The number of nitrogens with two attached hydrogens (primary N) is 1. The van der Waals surface area contributed by atoms with Crippen LogP contribution in [0.1, 0.15) is 21.5 Å². The van der Waals surface area contributed by atoms with Crippen LogP contribution in [-0.2, 0) is 7.05 Å². The molecular weight excluding hydrogens is 242 g/mol. The van der Waals surface area contributed by atoms with Crippen molar-refractivity contribution in [3.05, 3.63) is 51.8 Å². The molecule has 0 fully saturated rings. The minimum Gasteiger partial charge on any atom is -0.318 e. The highest BCUT2D eigenvalue weighted by molar-refractivity contribution is 7.12. The number of benzene rings is 1. The summed E-state index contributed by atoms with van der Waals surface area (Å²) in [7, 11) is 1.96. The van der Waals surface area contributed by atoms with Gasteiger partial charge in [0.05, 0.1) is 17.3 Å². The molecule has 2 aromatic heterocycles. The van der Waals surface area contributed by atoms with E-state index in [1.54, 1.807) is 11.3 Å². The average molecular weight is 257 g/mol. The monoisotopic (exact) mass is 257 g/mol. The van der Waals surface area contributed by atoms with Crippen molar-refractivity contribution in [3.63, 3.8) is 0 Å². The summed E-state index contributed by atoms with van der Waals surface area (Å²) >= 11 is 1.73. The van der Waals surface area contributed by atoms with E-state index in [9.17, 15) is 0 Å². The van der Waals surface area contributed by atoms with Crippen LogP contribution in [0.25, 0.3) is 10.9 Å². The molecule has 92 valence electrons. The normalized spacial score (nSPS) is 13.1. The second kappa shape index (κ2) is 4.23. The van der Waals surface area contributed by atoms with Crippen molar-refractivity contribution >= 4 is 22.2 Å². The average Bonchev–Trinajstić information content (AvgIpc) is 2.94. The Morgan fingerprint density at radius 2 is 2.00 bits per heavy atom. The molecule has 4 heteroatoms. The number of aryl methyl sites for hydroxylation is 2. The summed E-state index contributed by atoms with van der Waals surface area (Å²) in [5.74, 6) is 0. The van der Waals surface area contributed by atoms with Gasteiger partial charge in [-0.1, -0.05) is 18.2 Å². The zero-order valence-corrected chi connectivity index (χ0v) is 11.2. The van der Waals surface area contributed by atoms with Crippen LogP contribution in [0, 0.1) is 6.92 Å². The van der Waals surface area contributed by atoms with Crippen molar-refractivity contribution in [2.75, 3.05) is 0 Å². The maximum absolute atomic E-state index is 6.34. The first-order valence-corrected chi connectivity index (χ1v) is 6.72. The highest BCUT2D eigenvalue weighted by Gasteiger charge is 2.18. The SMILES string of the molecule is Cc1ccc(C(N)c2nn(C)c3ccccc23)s1. The van der Waals surface area contributed by atoms with E-state index in [4.69, 9.17) is 5.73 Å². The molecule has 0 aliphatic heterocycles. The molecule has 18 heavy (non-hydrogen) atoms. The minimum atomic E-state index is -0.144. The first kappa shape index (κ1) is 11.4. The highest BCUT2D eigenvalue weighted by atomic mass is 32.1. The fourth-order valence-corrected chi connectivity index (χ4v) is 3.11. The van der Waals surface area contributed by atoms with E-state index in [1.165, 1.54) is 4.88 Å². The quantitative estimate of drug-likeness (QED) is 0.767. The van der Waals surface area contributed by atoms with Gasteiger partial charge in [-0.05, 0) is 25.1 Å². The summed E-state index contributed by atoms with van der Waals surface area (Å²) in [6, 6.07) is 12.2. The third-order valence-electron chi connectivity index (χ3n) is 3.15. The molecule has 3 aromatic rings. The maximum Gasteiger partial charge on any atom is 0.0924 e. The lowest BCUT2D eigenvalue weighted by atomic mass is 10.1. The lowest BCUT2D eigenvalue weighted by molar-refractivity contribution is 0.737. The van der Waals surface area contributed by atoms with E-state index < -0.39 is 0 Å². The molecule has 0 amide bonds. The minimum absolute atomic E-state index is 0.144. The van der Waals surface area contributed by atoms with Gasteiger partial charge in [0, 0.05) is 22.2 Å². The van der Waals surface area contributed by atoms with Gasteiger partial charge in [-0.15, -0.1) is 11.3 Å². The Morgan fingerprint density at radius 1 is 1.22 bits per heavy atom. The summed E-state index contributed by atoms with van der Waals surface area (Å²) in [5, 5.41) is 5.71. The second-order valence-corrected chi connectivity index (χ2v) is 5.77. The summed E-state index contributed by atoms with van der Waals surface area (Å²) in [4.78, 5) is 2.44. The molecule has 1 unspecified atom stereocenters. The largest absolute Gasteiger partial charge is 0.318 e. The van der Waals surface area contributed by atoms with Crippen molar-refractivity contribution < 1.29 is 0 Å². The van der Waals surface area contributed by atoms with Crippen LogP contribution < -0.4 is 5.73 Å². The summed E-state index contributed by atoms with van der Waals surface area (Å²) in [6.07, 6.45) is 0. The Bertz CT molecular complexity index is 696. The van der Waals surface area contributed by atoms with Crippen molar-refractivity contribution in [1.29, 1.82) is 0 Å². The van der Waals surface area contributed by atoms with E-state index in [0.717, 1.165) is 21.5 Å². The van der Waals surface area contributed by atoms with Gasteiger partial charge < -0.3 is 5.73 Å². The molecule has 1 aromatic carbocycles. The van der Waals surface area contributed by atoms with Crippen molar-refractivity contribution in [3.8, 4) is 0 Å². The van der Waals surface area contributed by atoms with Crippen molar-refractivity contribution in [2.45, 2.75) is 13.0 Å². The predicted molar refractivity (Wildman–Crippen MR) is 75.8 cm³/mol. The maximum atomic E-state index is 6.34. The van der Waals surface area contributed by atoms with Crippen molar-refractivity contribution in [1.82, 2.24) is 9.78 Å². The fraction of sp³-hybridized carbons (Fsp3) is 0.214. The molecule has 0 saturated carbocycles. The van der Waals surface area contributed by atoms with Crippen LogP contribution in [0.2, 0.25) is 0 Å². The third-order valence-corrected chi connectivity index (χ3v) is 4.23. The topological polar surface area (TPSA) is 43.8 Å². The molecule has 0 bridgehead atoms. The lowest BCUT2D eigenvalue weighted by Gasteiger charge is -2.06. The van der Waals surface area contributed by atoms with Crippen LogP contribution in [-0.4, -0.2) is 9.78 Å². The standard InChI is InChI=1S/C14H15N3S/c1-9-7-8-12(18-9)13(15)14-10-5-3-4-6-11(10)17(2)16-14/h3-8,13H,15H2,1-2H3. The number of aromatic nitrogens is 2. The van der Waals surface area contributed by atoms with Gasteiger partial charge in [-0.25, -0.2) is 0 Å². The summed E-state index contributed by atoms with van der Waals surface area (Å²) in [5.41, 5.74) is 8.42. The van der Waals surface area contributed by atoms with E-state index in [0.29, 0.717) is 0 Å². The van der Waals surface area contributed by atoms with Gasteiger partial charge in [-0.2, -0.15) is 5.10 Å². The van der Waals surface area contributed by atoms with E-state index >= 15 is 0 Å². The Balaban J connectivity index is 2.14. The van der Waals surface area contributed by atoms with Crippen LogP contribution in [0.4, 0.5) is 0 Å². The molecule has 3 nitrogen and oxygen atoms in total. The Morgan fingerprint density at radius 3 is 2.72 bits per heavy atom. The highest BCUT2D eigenvalue weighted by Crippen LogP contribution is 2.29. The smallest absolute Gasteiger partial charge is 0.0924 e. The van der Waals surface area contributed by atoms with Gasteiger partial charge in [0.2, 0.25) is 0 Å². The van der Waals surface area contributed by atoms with Crippen molar-refractivity contribution in [2.24, 2.45) is 12.8 Å². The number of fused-ring (bicyclic) bond motifs is 1. The zero-order valence-electron chi connectivity index (χ0n) is 10.4. The van der Waals surface area contributed by atoms with Gasteiger partial charge >= 0.3 is 0 Å². The Kier molecular flexibility index (Phi) is 2.69. The number of thiophene rings is 1. The number of rotatable bonds is 2. The van der Waals surface area contributed by atoms with Crippen LogP contribution >= 0.6 is 11.3 Å². The van der Waals surface area contributed by atoms with Gasteiger partial charge in [-0.3, -0.25) is 4.68 Å². The molecule has 0 aliphatic carbocycles. The van der Waals surface area contributed by atoms with E-state index in [-0.39, 0.29) is 6.04 Å². The molecule has 0 radical (unpaired) electrons. The molecule has 2 N–H and O–H groups in total. The number of nitrogens with zero attached hydrogens (tertiary/aromatic N) is 2. The van der Waals surface area contributed by atoms with Gasteiger partial charge in [0.1, 0.15) is 0 Å². The molecular formula is C14H15N3S. The molecule has 0 saturated heterocycles. The van der Waals surface area contributed by atoms with Gasteiger partial charge in [0.15, 0.2) is 0 Å². The Labute approximate surface area is 110 Å². The second-order valence-electron chi connectivity index (χ2n) is 4.45. The van der Waals surface area contributed by atoms with Crippen LogP contribution in [0.5, 0.6) is 0 Å². The Hall–Kier alpha value is -1.65. The molecule has 0 aliphatic rings. The first-order chi connectivity index (χ1) is 8.66. The molecule has 1 atom stereocenters. The fourth-order valence-electron chi connectivity index (χ4n) is 2.23. The number of para-hydroxylation sites is 1. The van der Waals surface area contributed by atoms with Crippen LogP contribution in [0.15, 0.2) is 36.4 Å². The summed E-state index contributed by atoms with van der Waals surface area (Å²) in [6.45, 7) is 2.09. The van der Waals surface area contributed by atoms with Gasteiger partial charge in [0.25, 0.3) is 0 Å². The first-order valence-electron chi connectivity index (χ1n) is 5.90. The zero-order chi connectivity index (χ0) is 12.7. The van der Waals surface area contributed by atoms with E-state index in [2.05, 4.69) is 36.3 Å². The lowest BCUT2D eigenvalue weighted by Crippen LogP contribution is -2.11. The predicted octanol–water partition coefficient (Wildman–Crippen LogP) is 2.99. The molecule has 2 heterocycles. The number of hydrogen-bond donors (Lipinski definition) is 1. The van der Waals surface area contributed by atoms with Crippen LogP contribution in [0.3, 0.4) is 0 Å².